The highest BCUT2D eigenvalue weighted by Gasteiger charge is 2.00. The second kappa shape index (κ2) is 5.07. The molecule has 0 aliphatic carbocycles. The molecule has 72 valence electrons. The maximum atomic E-state index is 5.39. The second-order valence-corrected chi connectivity index (χ2v) is 2.30. The van der Waals surface area contributed by atoms with Crippen LogP contribution in [0.3, 0.4) is 0 Å². The van der Waals surface area contributed by atoms with E-state index in [2.05, 4.69) is 4.98 Å². The molecule has 0 radical (unpaired) electrons. The predicted molar refractivity (Wildman–Crippen MR) is 56.4 cm³/mol. The van der Waals surface area contributed by atoms with Crippen LogP contribution in [0, 0.1) is 0 Å². The smallest absolute Gasteiger partial charge is 0.152 e. The summed E-state index contributed by atoms with van der Waals surface area (Å²) < 4.78 is 5.33. The van der Waals surface area contributed by atoms with Crippen LogP contribution in [0.4, 0.5) is 0 Å². The van der Waals surface area contributed by atoms with Crippen molar-refractivity contribution in [2.24, 2.45) is 5.73 Å². The molecule has 2 N–H and O–H groups in total. The lowest BCUT2D eigenvalue weighted by Gasteiger charge is -1.83. The summed E-state index contributed by atoms with van der Waals surface area (Å²) in [6, 6.07) is 5.57. The van der Waals surface area contributed by atoms with Gasteiger partial charge in [-0.1, -0.05) is 0 Å². The Balaban J connectivity index is 0.000000720. The molecule has 0 unspecified atom stereocenters. The first kappa shape index (κ1) is 12.2. The van der Waals surface area contributed by atoms with Crippen LogP contribution >= 0.6 is 24.8 Å². The zero-order valence-corrected chi connectivity index (χ0v) is 8.40. The van der Waals surface area contributed by atoms with Crippen molar-refractivity contribution in [3.8, 4) is 0 Å². The Labute approximate surface area is 88.1 Å². The summed E-state index contributed by atoms with van der Waals surface area (Å²) in [5, 5.41) is 0. The molecular formula is C8H10Cl2N2O. The highest BCUT2D eigenvalue weighted by molar-refractivity contribution is 5.85. The molecule has 0 fully saturated rings. The lowest BCUT2D eigenvalue weighted by molar-refractivity contribution is 0.552. The van der Waals surface area contributed by atoms with Gasteiger partial charge in [-0.05, 0) is 12.1 Å². The Hall–Kier alpha value is -0.770. The van der Waals surface area contributed by atoms with E-state index in [4.69, 9.17) is 10.2 Å². The SMILES string of the molecule is Cl.Cl.NCc1cc2ncccc2o1. The van der Waals surface area contributed by atoms with Crippen molar-refractivity contribution < 1.29 is 4.42 Å². The van der Waals surface area contributed by atoms with Crippen LogP contribution in [-0.4, -0.2) is 4.98 Å². The van der Waals surface area contributed by atoms with Gasteiger partial charge in [0.15, 0.2) is 5.58 Å². The first-order valence-corrected chi connectivity index (χ1v) is 3.43. The molecule has 13 heavy (non-hydrogen) atoms. The summed E-state index contributed by atoms with van der Waals surface area (Å²) in [4.78, 5) is 4.10. The molecule has 0 aliphatic heterocycles. The highest BCUT2D eigenvalue weighted by Crippen LogP contribution is 2.15. The fourth-order valence-electron chi connectivity index (χ4n) is 1.02. The molecule has 2 aromatic heterocycles. The maximum absolute atomic E-state index is 5.39. The summed E-state index contributed by atoms with van der Waals surface area (Å²) in [5.41, 5.74) is 7.06. The minimum Gasteiger partial charge on any atom is -0.458 e. The molecule has 0 atom stereocenters. The van der Waals surface area contributed by atoms with E-state index in [1.807, 2.05) is 18.2 Å². The summed E-state index contributed by atoms with van der Waals surface area (Å²) in [6.45, 7) is 0.427. The number of halogens is 2. The number of rotatable bonds is 1. The average molecular weight is 221 g/mol. The second-order valence-electron chi connectivity index (χ2n) is 2.30. The van der Waals surface area contributed by atoms with E-state index in [0.29, 0.717) is 6.54 Å². The largest absolute Gasteiger partial charge is 0.458 e. The Morgan fingerprint density at radius 1 is 1.38 bits per heavy atom. The van der Waals surface area contributed by atoms with Crippen LogP contribution < -0.4 is 5.73 Å². The van der Waals surface area contributed by atoms with Crippen molar-refractivity contribution in [3.05, 3.63) is 30.2 Å². The molecule has 0 aliphatic rings. The number of pyridine rings is 1. The van der Waals surface area contributed by atoms with E-state index in [1.54, 1.807) is 6.20 Å². The van der Waals surface area contributed by atoms with E-state index < -0.39 is 0 Å². The summed E-state index contributed by atoms with van der Waals surface area (Å²) in [6.07, 6.45) is 1.73. The lowest BCUT2D eigenvalue weighted by Crippen LogP contribution is -1.92. The number of nitrogens with two attached hydrogens (primary N) is 1. The van der Waals surface area contributed by atoms with Crippen LogP contribution in [0.1, 0.15) is 5.76 Å². The Morgan fingerprint density at radius 3 is 2.77 bits per heavy atom. The van der Waals surface area contributed by atoms with Gasteiger partial charge in [-0.25, -0.2) is 0 Å². The molecule has 2 rings (SSSR count). The number of hydrogen-bond acceptors (Lipinski definition) is 3. The number of aromatic nitrogens is 1. The summed E-state index contributed by atoms with van der Waals surface area (Å²) in [7, 11) is 0. The molecule has 0 spiro atoms. The third-order valence-electron chi connectivity index (χ3n) is 1.54. The van der Waals surface area contributed by atoms with Gasteiger partial charge in [0, 0.05) is 12.3 Å². The molecule has 0 bridgehead atoms. The predicted octanol–water partition coefficient (Wildman–Crippen LogP) is 2.13. The van der Waals surface area contributed by atoms with E-state index >= 15 is 0 Å². The van der Waals surface area contributed by atoms with Crippen molar-refractivity contribution in [2.45, 2.75) is 6.54 Å². The fraction of sp³-hybridized carbons (Fsp3) is 0.125. The Morgan fingerprint density at radius 2 is 2.15 bits per heavy atom. The van der Waals surface area contributed by atoms with E-state index in [1.165, 1.54) is 0 Å². The zero-order chi connectivity index (χ0) is 7.68. The van der Waals surface area contributed by atoms with E-state index in [0.717, 1.165) is 16.9 Å². The molecule has 0 saturated carbocycles. The maximum Gasteiger partial charge on any atom is 0.152 e. The van der Waals surface area contributed by atoms with Crippen LogP contribution in [-0.2, 0) is 6.54 Å². The third-order valence-corrected chi connectivity index (χ3v) is 1.54. The summed E-state index contributed by atoms with van der Waals surface area (Å²) in [5.74, 6) is 0.777. The van der Waals surface area contributed by atoms with Gasteiger partial charge >= 0.3 is 0 Å². The van der Waals surface area contributed by atoms with Crippen molar-refractivity contribution in [1.29, 1.82) is 0 Å². The van der Waals surface area contributed by atoms with Gasteiger partial charge in [-0.2, -0.15) is 0 Å². The molecule has 2 heterocycles. The quantitative estimate of drug-likeness (QED) is 0.802. The van der Waals surface area contributed by atoms with Crippen molar-refractivity contribution in [2.75, 3.05) is 0 Å². The standard InChI is InChI=1S/C8H8N2O.2ClH/c9-5-6-4-7-8(11-6)2-1-3-10-7;;/h1-4H,5,9H2;2*1H. The van der Waals surface area contributed by atoms with E-state index in [-0.39, 0.29) is 24.8 Å². The topological polar surface area (TPSA) is 52.0 Å². The van der Waals surface area contributed by atoms with Crippen molar-refractivity contribution in [1.82, 2.24) is 4.98 Å². The number of fused-ring (bicyclic) bond motifs is 1. The van der Waals surface area contributed by atoms with Gasteiger partial charge in [0.2, 0.25) is 0 Å². The van der Waals surface area contributed by atoms with Gasteiger partial charge in [-0.3, -0.25) is 4.98 Å². The van der Waals surface area contributed by atoms with Gasteiger partial charge in [-0.15, -0.1) is 24.8 Å². The third kappa shape index (κ3) is 2.34. The first-order valence-electron chi connectivity index (χ1n) is 3.43. The number of nitrogens with zero attached hydrogens (tertiary/aromatic N) is 1. The molecule has 0 amide bonds. The minimum absolute atomic E-state index is 0. The highest BCUT2D eigenvalue weighted by atomic mass is 35.5. The van der Waals surface area contributed by atoms with Crippen LogP contribution in [0.2, 0.25) is 0 Å². The molecule has 5 heteroatoms. The molecule has 3 nitrogen and oxygen atoms in total. The Bertz CT molecular complexity index is 342. The van der Waals surface area contributed by atoms with Gasteiger partial charge < -0.3 is 10.2 Å². The lowest BCUT2D eigenvalue weighted by atomic mass is 10.4. The van der Waals surface area contributed by atoms with Crippen LogP contribution in [0.15, 0.2) is 28.8 Å². The van der Waals surface area contributed by atoms with Gasteiger partial charge in [0.1, 0.15) is 11.3 Å². The average Bonchev–Trinajstić information content (AvgIpc) is 2.46. The van der Waals surface area contributed by atoms with Crippen LogP contribution in [0.5, 0.6) is 0 Å². The zero-order valence-electron chi connectivity index (χ0n) is 6.77. The monoisotopic (exact) mass is 220 g/mol. The van der Waals surface area contributed by atoms with Gasteiger partial charge in [0.05, 0.1) is 6.54 Å². The Kier molecular flexibility index (Phi) is 4.77. The first-order chi connectivity index (χ1) is 5.40. The normalized spacial score (nSPS) is 9.00. The van der Waals surface area contributed by atoms with Crippen molar-refractivity contribution >= 4 is 35.9 Å². The number of hydrogen-bond donors (Lipinski definition) is 1. The molecule has 0 aromatic carbocycles. The fourth-order valence-corrected chi connectivity index (χ4v) is 1.02. The number of furan rings is 1. The summed E-state index contributed by atoms with van der Waals surface area (Å²) >= 11 is 0. The molecule has 2 aromatic rings. The van der Waals surface area contributed by atoms with E-state index in [9.17, 15) is 0 Å². The minimum atomic E-state index is 0. The molecule has 0 saturated heterocycles. The van der Waals surface area contributed by atoms with Crippen molar-refractivity contribution in [3.63, 3.8) is 0 Å². The van der Waals surface area contributed by atoms with Crippen LogP contribution in [0.25, 0.3) is 11.1 Å². The molecular weight excluding hydrogens is 211 g/mol. The van der Waals surface area contributed by atoms with Gasteiger partial charge in [0.25, 0.3) is 0 Å².